The van der Waals surface area contributed by atoms with Crippen LogP contribution in [0.3, 0.4) is 0 Å². The summed E-state index contributed by atoms with van der Waals surface area (Å²) >= 11 is 0. The SMILES string of the molecule is COc1cc[n+]([O-])c(-c2cnn(-c3ccc(C)cc3)[n+]2[O-])c1. The maximum absolute atomic E-state index is 12.4. The number of methoxy groups -OCH3 is 1. The lowest BCUT2D eigenvalue weighted by Crippen LogP contribution is -2.41. The van der Waals surface area contributed by atoms with E-state index in [9.17, 15) is 10.4 Å². The van der Waals surface area contributed by atoms with Crippen molar-refractivity contribution in [2.24, 2.45) is 0 Å². The molecule has 1 aromatic carbocycles. The van der Waals surface area contributed by atoms with Gasteiger partial charge in [0.2, 0.25) is 6.20 Å². The van der Waals surface area contributed by atoms with Gasteiger partial charge < -0.3 is 15.2 Å². The van der Waals surface area contributed by atoms with Crippen LogP contribution in [0, 0.1) is 17.3 Å². The summed E-state index contributed by atoms with van der Waals surface area (Å²) in [6.07, 6.45) is 2.65. The predicted molar refractivity (Wildman–Crippen MR) is 78.2 cm³/mol. The molecule has 0 unspecified atom stereocenters. The van der Waals surface area contributed by atoms with Crippen LogP contribution in [0.2, 0.25) is 0 Å². The van der Waals surface area contributed by atoms with Gasteiger partial charge in [-0.2, -0.15) is 4.73 Å². The predicted octanol–water partition coefficient (Wildman–Crippen LogP) is 1.12. The first-order valence-electron chi connectivity index (χ1n) is 6.62. The maximum Gasteiger partial charge on any atom is 0.274 e. The highest BCUT2D eigenvalue weighted by atomic mass is 16.5. The van der Waals surface area contributed by atoms with Crippen molar-refractivity contribution in [1.82, 2.24) is 9.90 Å². The Balaban J connectivity index is 2.09. The molecule has 112 valence electrons. The molecule has 0 aliphatic heterocycles. The highest BCUT2D eigenvalue weighted by molar-refractivity contribution is 5.48. The first-order valence-corrected chi connectivity index (χ1v) is 6.62. The van der Waals surface area contributed by atoms with Crippen molar-refractivity contribution in [3.63, 3.8) is 0 Å². The van der Waals surface area contributed by atoms with Crippen LogP contribution >= 0.6 is 0 Å². The Bertz CT molecular complexity index is 812. The minimum absolute atomic E-state index is 0.148. The van der Waals surface area contributed by atoms with E-state index in [0.29, 0.717) is 21.0 Å². The van der Waals surface area contributed by atoms with Crippen molar-refractivity contribution in [3.8, 4) is 22.8 Å². The van der Waals surface area contributed by atoms with Crippen molar-refractivity contribution in [3.05, 3.63) is 64.8 Å². The molecule has 7 heteroatoms. The first-order chi connectivity index (χ1) is 10.6. The molecule has 22 heavy (non-hydrogen) atoms. The van der Waals surface area contributed by atoms with Crippen LogP contribution in [0.15, 0.2) is 48.8 Å². The fraction of sp³-hybridized carbons (Fsp3) is 0.133. The Morgan fingerprint density at radius 2 is 1.82 bits per heavy atom. The molecular formula is C15H14N4O3. The van der Waals surface area contributed by atoms with Crippen molar-refractivity contribution >= 4 is 0 Å². The summed E-state index contributed by atoms with van der Waals surface area (Å²) in [5.41, 5.74) is 2.02. The summed E-state index contributed by atoms with van der Waals surface area (Å²) in [4.78, 5) is 1.77. The molecule has 0 saturated carbocycles. The van der Waals surface area contributed by atoms with Gasteiger partial charge in [-0.25, -0.2) is 0 Å². The summed E-state index contributed by atoms with van der Waals surface area (Å²) in [5, 5.41) is 28.4. The van der Waals surface area contributed by atoms with E-state index < -0.39 is 0 Å². The molecule has 7 nitrogen and oxygen atoms in total. The van der Waals surface area contributed by atoms with Crippen LogP contribution in [-0.4, -0.2) is 17.0 Å². The Morgan fingerprint density at radius 3 is 2.50 bits per heavy atom. The molecule has 2 aromatic heterocycles. The largest absolute Gasteiger partial charge is 0.692 e. The van der Waals surface area contributed by atoms with Gasteiger partial charge in [0.05, 0.1) is 13.2 Å². The molecule has 2 heterocycles. The van der Waals surface area contributed by atoms with Gasteiger partial charge in [-0.3, -0.25) is 0 Å². The Hall–Kier alpha value is -3.09. The monoisotopic (exact) mass is 298 g/mol. The second kappa shape index (κ2) is 5.36. The number of ether oxygens (including phenoxy) is 1. The third kappa shape index (κ3) is 2.32. The molecule has 3 rings (SSSR count). The zero-order chi connectivity index (χ0) is 15.7. The summed E-state index contributed by atoms with van der Waals surface area (Å²) in [6, 6.07) is 10.4. The molecule has 0 N–H and O–H groups in total. The number of rotatable bonds is 3. The second-order valence-electron chi connectivity index (χ2n) is 4.81. The lowest BCUT2D eigenvalue weighted by Gasteiger charge is -2.08. The highest BCUT2D eigenvalue weighted by Gasteiger charge is 2.23. The lowest BCUT2D eigenvalue weighted by atomic mass is 10.2. The van der Waals surface area contributed by atoms with Crippen molar-refractivity contribution in [2.75, 3.05) is 7.11 Å². The number of nitrogens with zero attached hydrogens (tertiary/aromatic N) is 4. The average Bonchev–Trinajstić information content (AvgIpc) is 2.90. The third-order valence-corrected chi connectivity index (χ3v) is 3.32. The third-order valence-electron chi connectivity index (χ3n) is 3.32. The minimum atomic E-state index is 0.148. The van der Waals surface area contributed by atoms with E-state index in [2.05, 4.69) is 5.10 Å². The van der Waals surface area contributed by atoms with Crippen LogP contribution in [0.25, 0.3) is 17.1 Å². The molecule has 0 bridgehead atoms. The molecule has 0 fully saturated rings. The number of pyridine rings is 1. The smallest absolute Gasteiger partial charge is 0.274 e. The zero-order valence-electron chi connectivity index (χ0n) is 12.1. The van der Waals surface area contributed by atoms with Crippen LogP contribution in [0.4, 0.5) is 0 Å². The van der Waals surface area contributed by atoms with Crippen LogP contribution in [-0.2, 0) is 0 Å². The number of aryl methyl sites for hydroxylation is 1. The second-order valence-corrected chi connectivity index (χ2v) is 4.81. The fourth-order valence-corrected chi connectivity index (χ4v) is 2.10. The van der Waals surface area contributed by atoms with Crippen LogP contribution in [0.1, 0.15) is 5.56 Å². The van der Waals surface area contributed by atoms with Gasteiger partial charge in [0.1, 0.15) is 11.4 Å². The number of aromatic nitrogens is 4. The van der Waals surface area contributed by atoms with E-state index in [-0.39, 0.29) is 11.4 Å². The van der Waals surface area contributed by atoms with E-state index in [1.165, 1.54) is 36.4 Å². The van der Waals surface area contributed by atoms with Gasteiger partial charge in [-0.1, -0.05) is 17.7 Å². The molecule has 0 spiro atoms. The van der Waals surface area contributed by atoms with Crippen LogP contribution in [0.5, 0.6) is 5.75 Å². The summed E-state index contributed by atoms with van der Waals surface area (Å²) in [6.45, 7) is 1.96. The topological polar surface area (TPSA) is 80.9 Å². The maximum atomic E-state index is 12.4. The van der Waals surface area contributed by atoms with E-state index >= 15 is 0 Å². The molecular weight excluding hydrogens is 284 g/mol. The van der Waals surface area contributed by atoms with Crippen molar-refractivity contribution < 1.29 is 14.3 Å². The van der Waals surface area contributed by atoms with Crippen molar-refractivity contribution in [1.29, 1.82) is 0 Å². The fourth-order valence-electron chi connectivity index (χ4n) is 2.10. The van der Waals surface area contributed by atoms with E-state index in [1.54, 1.807) is 12.1 Å². The van der Waals surface area contributed by atoms with Gasteiger partial charge in [0.25, 0.3) is 11.4 Å². The van der Waals surface area contributed by atoms with E-state index in [4.69, 9.17) is 4.74 Å². The van der Waals surface area contributed by atoms with E-state index in [0.717, 1.165) is 5.56 Å². The standard InChI is InChI=1S/C15H14N4O3/c1-11-3-5-12(6-4-11)18-16-10-15(19(18)21)14-9-13(22-2)7-8-17(14)20/h3-10H,1-2H3. The van der Waals surface area contributed by atoms with Gasteiger partial charge in [-0.05, 0) is 23.9 Å². The quantitative estimate of drug-likeness (QED) is 0.536. The average molecular weight is 298 g/mol. The molecule has 0 saturated heterocycles. The molecule has 0 atom stereocenters. The zero-order valence-corrected chi connectivity index (χ0v) is 12.1. The molecule has 0 radical (unpaired) electrons. The Kier molecular flexibility index (Phi) is 3.38. The minimum Gasteiger partial charge on any atom is -0.692 e. The number of benzene rings is 1. The van der Waals surface area contributed by atoms with Gasteiger partial charge >= 0.3 is 0 Å². The van der Waals surface area contributed by atoms with Gasteiger partial charge in [0, 0.05) is 11.2 Å². The Morgan fingerprint density at radius 1 is 1.09 bits per heavy atom. The highest BCUT2D eigenvalue weighted by Crippen LogP contribution is 2.17. The summed E-state index contributed by atoms with van der Waals surface area (Å²) in [5.74, 6) is 0.491. The molecule has 3 aromatic rings. The molecule has 0 aliphatic carbocycles. The first kappa shape index (κ1) is 13.9. The number of hydrogen-bond donors (Lipinski definition) is 0. The summed E-state index contributed by atoms with van der Waals surface area (Å²) < 4.78 is 5.69. The van der Waals surface area contributed by atoms with Gasteiger partial charge in [-0.15, -0.1) is 4.85 Å². The number of hydrogen-bond acceptors (Lipinski definition) is 4. The lowest BCUT2D eigenvalue weighted by molar-refractivity contribution is -0.687. The van der Waals surface area contributed by atoms with Crippen LogP contribution < -0.4 is 14.3 Å². The van der Waals surface area contributed by atoms with Gasteiger partial charge in [0.15, 0.2) is 6.20 Å². The molecule has 0 amide bonds. The summed E-state index contributed by atoms with van der Waals surface area (Å²) in [7, 11) is 1.50. The van der Waals surface area contributed by atoms with Crippen molar-refractivity contribution in [2.45, 2.75) is 6.92 Å². The normalized spacial score (nSPS) is 10.6. The van der Waals surface area contributed by atoms with E-state index in [1.807, 2.05) is 19.1 Å². The Labute approximate surface area is 126 Å². The molecule has 0 aliphatic rings.